The number of aromatic nitrogens is 5. The molecule has 1 aromatic carbocycles. The van der Waals surface area contributed by atoms with Gasteiger partial charge in [-0.1, -0.05) is 11.8 Å². The number of hydrogen-bond acceptors (Lipinski definition) is 6. The zero-order valence-electron chi connectivity index (χ0n) is 15.8. The Kier molecular flexibility index (Phi) is 5.71. The Labute approximate surface area is 172 Å². The summed E-state index contributed by atoms with van der Waals surface area (Å²) < 4.78 is 7.48. The lowest BCUT2D eigenvalue weighted by atomic mass is 10.2. The molecule has 0 bridgehead atoms. The maximum atomic E-state index is 12.4. The van der Waals surface area contributed by atoms with Crippen molar-refractivity contribution in [3.63, 3.8) is 0 Å². The van der Waals surface area contributed by atoms with Gasteiger partial charge in [-0.05, 0) is 55.5 Å². The maximum absolute atomic E-state index is 12.4. The summed E-state index contributed by atoms with van der Waals surface area (Å²) in [5.74, 6) is 1.75. The van der Waals surface area contributed by atoms with Crippen LogP contribution in [0.3, 0.4) is 0 Å². The molecule has 8 heteroatoms. The molecule has 0 aliphatic heterocycles. The van der Waals surface area contributed by atoms with Crippen molar-refractivity contribution in [2.45, 2.75) is 12.1 Å². The van der Waals surface area contributed by atoms with E-state index in [2.05, 4.69) is 20.2 Å². The van der Waals surface area contributed by atoms with E-state index in [1.165, 1.54) is 11.8 Å². The van der Waals surface area contributed by atoms with Gasteiger partial charge < -0.3 is 9.72 Å². The third-order valence-corrected chi connectivity index (χ3v) is 5.14. The molecule has 3 aromatic heterocycles. The third kappa shape index (κ3) is 4.22. The van der Waals surface area contributed by atoms with E-state index in [1.807, 2.05) is 54.0 Å². The molecule has 0 fully saturated rings. The molecule has 0 unspecified atom stereocenters. The van der Waals surface area contributed by atoms with Gasteiger partial charge in [-0.2, -0.15) is 0 Å². The molecule has 29 heavy (non-hydrogen) atoms. The van der Waals surface area contributed by atoms with Crippen LogP contribution in [0.1, 0.15) is 17.4 Å². The van der Waals surface area contributed by atoms with E-state index < -0.39 is 0 Å². The Morgan fingerprint density at radius 2 is 1.90 bits per heavy atom. The summed E-state index contributed by atoms with van der Waals surface area (Å²) in [5.41, 5.74) is 2.36. The number of ether oxygens (including phenoxy) is 1. The molecule has 0 spiro atoms. The second-order valence-electron chi connectivity index (χ2n) is 6.10. The van der Waals surface area contributed by atoms with Crippen LogP contribution in [0.15, 0.2) is 72.3 Å². The fraction of sp³-hybridized carbons (Fsp3) is 0.143. The van der Waals surface area contributed by atoms with Crippen LogP contribution in [0, 0.1) is 0 Å². The van der Waals surface area contributed by atoms with Crippen molar-refractivity contribution >= 4 is 17.5 Å². The van der Waals surface area contributed by atoms with E-state index in [-0.39, 0.29) is 11.5 Å². The number of nitrogens with one attached hydrogen (secondary N) is 1. The van der Waals surface area contributed by atoms with Crippen LogP contribution in [-0.4, -0.2) is 42.9 Å². The summed E-state index contributed by atoms with van der Waals surface area (Å²) in [6.07, 6.45) is 5.17. The average molecular weight is 405 g/mol. The van der Waals surface area contributed by atoms with Gasteiger partial charge in [0.15, 0.2) is 16.8 Å². The molecule has 4 rings (SSSR count). The zero-order valence-corrected chi connectivity index (χ0v) is 16.6. The van der Waals surface area contributed by atoms with Crippen LogP contribution >= 0.6 is 11.8 Å². The number of Topliss-reactive ketones (excluding diaryl/α,β-unsaturated/α-hetero) is 1. The summed E-state index contributed by atoms with van der Waals surface area (Å²) in [7, 11) is 0. The summed E-state index contributed by atoms with van der Waals surface area (Å²) in [6.45, 7) is 2.56. The van der Waals surface area contributed by atoms with Gasteiger partial charge in [0.25, 0.3) is 0 Å². The highest BCUT2D eigenvalue weighted by molar-refractivity contribution is 7.99. The number of ketones is 1. The monoisotopic (exact) mass is 405 g/mol. The number of benzene rings is 1. The number of carbonyl (C=O) groups is 1. The molecule has 0 saturated carbocycles. The minimum atomic E-state index is 0.00621. The first-order valence-corrected chi connectivity index (χ1v) is 10.1. The van der Waals surface area contributed by atoms with Gasteiger partial charge in [0.1, 0.15) is 5.75 Å². The van der Waals surface area contributed by atoms with Gasteiger partial charge in [0.2, 0.25) is 0 Å². The molecule has 7 nitrogen and oxygen atoms in total. The Balaban J connectivity index is 1.67. The van der Waals surface area contributed by atoms with E-state index in [0.29, 0.717) is 23.3 Å². The largest absolute Gasteiger partial charge is 0.494 e. The van der Waals surface area contributed by atoms with E-state index in [9.17, 15) is 4.79 Å². The lowest BCUT2D eigenvalue weighted by molar-refractivity contribution is 0.101. The highest BCUT2D eigenvalue weighted by atomic mass is 32.2. The fourth-order valence-corrected chi connectivity index (χ4v) is 3.69. The number of carbonyl (C=O) groups excluding carboxylic acids is 1. The molecule has 0 amide bonds. The number of pyridine rings is 1. The van der Waals surface area contributed by atoms with Crippen LogP contribution < -0.4 is 4.74 Å². The van der Waals surface area contributed by atoms with Gasteiger partial charge >= 0.3 is 0 Å². The van der Waals surface area contributed by atoms with Crippen molar-refractivity contribution in [3.05, 3.63) is 72.8 Å². The lowest BCUT2D eigenvalue weighted by Gasteiger charge is -2.11. The first kappa shape index (κ1) is 18.9. The number of rotatable bonds is 8. The minimum absolute atomic E-state index is 0.00621. The van der Waals surface area contributed by atoms with Crippen molar-refractivity contribution in [1.29, 1.82) is 0 Å². The number of hydrogen-bond donors (Lipinski definition) is 1. The lowest BCUT2D eigenvalue weighted by Crippen LogP contribution is -2.05. The van der Waals surface area contributed by atoms with Gasteiger partial charge in [0.05, 0.1) is 18.1 Å². The van der Waals surface area contributed by atoms with Crippen LogP contribution in [0.4, 0.5) is 0 Å². The van der Waals surface area contributed by atoms with E-state index in [0.717, 1.165) is 17.0 Å². The third-order valence-electron chi connectivity index (χ3n) is 4.21. The summed E-state index contributed by atoms with van der Waals surface area (Å²) >= 11 is 1.35. The van der Waals surface area contributed by atoms with Crippen molar-refractivity contribution in [2.75, 3.05) is 12.4 Å². The Morgan fingerprint density at radius 3 is 2.59 bits per heavy atom. The number of thioether (sulfide) groups is 1. The Bertz CT molecular complexity index is 1080. The average Bonchev–Trinajstić information content (AvgIpc) is 3.44. The van der Waals surface area contributed by atoms with Crippen LogP contribution in [0.5, 0.6) is 5.75 Å². The fourth-order valence-electron chi connectivity index (χ4n) is 2.85. The minimum Gasteiger partial charge on any atom is -0.494 e. The van der Waals surface area contributed by atoms with Crippen molar-refractivity contribution in [1.82, 2.24) is 24.7 Å². The molecule has 3 heterocycles. The highest BCUT2D eigenvalue weighted by Gasteiger charge is 2.18. The molecule has 0 aliphatic rings. The normalized spacial score (nSPS) is 10.8. The summed E-state index contributed by atoms with van der Waals surface area (Å²) in [6, 6.07) is 15.1. The molecule has 0 aliphatic carbocycles. The number of nitrogens with zero attached hydrogens (tertiary/aromatic N) is 4. The molecule has 146 valence electrons. The first-order chi connectivity index (χ1) is 14.3. The number of aromatic amines is 1. The number of H-pyrrole nitrogens is 1. The van der Waals surface area contributed by atoms with Crippen LogP contribution in [0.2, 0.25) is 0 Å². The van der Waals surface area contributed by atoms with Gasteiger partial charge in [0, 0.05) is 29.8 Å². The quantitative estimate of drug-likeness (QED) is 0.352. The van der Waals surface area contributed by atoms with Gasteiger partial charge in [-0.3, -0.25) is 14.3 Å². The predicted molar refractivity (Wildman–Crippen MR) is 112 cm³/mol. The smallest absolute Gasteiger partial charge is 0.196 e. The maximum Gasteiger partial charge on any atom is 0.196 e. The van der Waals surface area contributed by atoms with Gasteiger partial charge in [-0.25, -0.2) is 0 Å². The van der Waals surface area contributed by atoms with E-state index in [4.69, 9.17) is 4.74 Å². The molecule has 0 radical (unpaired) electrons. The second-order valence-corrected chi connectivity index (χ2v) is 7.04. The van der Waals surface area contributed by atoms with E-state index >= 15 is 0 Å². The Hall–Kier alpha value is -3.39. The highest BCUT2D eigenvalue weighted by Crippen LogP contribution is 2.29. The molecular weight excluding hydrogens is 386 g/mol. The predicted octanol–water partition coefficient (Wildman–Crippen LogP) is 4.03. The molecule has 0 saturated heterocycles. The van der Waals surface area contributed by atoms with Crippen LogP contribution in [0.25, 0.3) is 17.1 Å². The second kappa shape index (κ2) is 8.74. The first-order valence-electron chi connectivity index (χ1n) is 9.14. The summed E-state index contributed by atoms with van der Waals surface area (Å²) in [4.78, 5) is 19.4. The molecule has 1 N–H and O–H groups in total. The molecule has 4 aromatic rings. The van der Waals surface area contributed by atoms with Crippen molar-refractivity contribution in [2.24, 2.45) is 0 Å². The van der Waals surface area contributed by atoms with Crippen molar-refractivity contribution in [3.8, 4) is 22.8 Å². The van der Waals surface area contributed by atoms with E-state index in [1.54, 1.807) is 24.7 Å². The SMILES string of the molecule is CCOc1ccc(-n2c(SCC(=O)c3ccc[nH]3)nnc2-c2ccncc2)cc1. The zero-order chi connectivity index (χ0) is 20.1. The van der Waals surface area contributed by atoms with Gasteiger partial charge in [-0.15, -0.1) is 10.2 Å². The van der Waals surface area contributed by atoms with Crippen LogP contribution in [-0.2, 0) is 0 Å². The molecule has 0 atom stereocenters. The standard InChI is InChI=1S/C21H19N5O2S/c1-2-28-17-7-5-16(6-8-17)26-20(15-9-12-22-13-10-15)24-25-21(26)29-14-19(27)18-4-3-11-23-18/h3-13,23H,2,14H2,1H3. The topological polar surface area (TPSA) is 85.7 Å². The molecular formula is C21H19N5O2S. The van der Waals surface area contributed by atoms with Crippen molar-refractivity contribution < 1.29 is 9.53 Å². The Morgan fingerprint density at radius 1 is 1.10 bits per heavy atom. The summed E-state index contributed by atoms with van der Waals surface area (Å²) in [5, 5.41) is 9.36.